The summed E-state index contributed by atoms with van der Waals surface area (Å²) in [6, 6.07) is 0. The van der Waals surface area contributed by atoms with Crippen LogP contribution in [0, 0.1) is 17.8 Å². The van der Waals surface area contributed by atoms with Crippen LogP contribution in [0.5, 0.6) is 0 Å². The largest absolute Gasteiger partial charge is 0.481 e. The quantitative estimate of drug-likeness (QED) is 0.734. The third kappa shape index (κ3) is 3.68. The van der Waals surface area contributed by atoms with Crippen molar-refractivity contribution in [1.82, 2.24) is 4.90 Å². The Morgan fingerprint density at radius 1 is 1.35 bits per heavy atom. The number of carbonyl (C=O) groups is 2. The molecule has 1 aliphatic carbocycles. The number of aliphatic carboxylic acids is 1. The number of carboxylic acids is 1. The molecule has 0 spiro atoms. The molecule has 5 heteroatoms. The molecule has 1 amide bonds. The second kappa shape index (κ2) is 6.83. The van der Waals surface area contributed by atoms with Crippen molar-refractivity contribution < 1.29 is 14.7 Å². The summed E-state index contributed by atoms with van der Waals surface area (Å²) < 4.78 is 0. The smallest absolute Gasteiger partial charge is 0.308 e. The minimum atomic E-state index is -0.733. The normalized spacial score (nSPS) is 27.6. The fourth-order valence-electron chi connectivity index (χ4n) is 3.01. The van der Waals surface area contributed by atoms with Gasteiger partial charge in [0, 0.05) is 13.1 Å². The van der Waals surface area contributed by atoms with Gasteiger partial charge < -0.3 is 10.0 Å². The average molecular weight is 299 g/mol. The minimum absolute atomic E-state index is 0.0473. The summed E-state index contributed by atoms with van der Waals surface area (Å²) in [7, 11) is 0. The second-order valence-electron chi connectivity index (χ2n) is 6.06. The first-order chi connectivity index (χ1) is 9.54. The van der Waals surface area contributed by atoms with Gasteiger partial charge in [0.05, 0.1) is 11.2 Å². The third-order valence-electron chi connectivity index (χ3n) is 4.44. The van der Waals surface area contributed by atoms with Gasteiger partial charge in [-0.25, -0.2) is 0 Å². The Morgan fingerprint density at radius 2 is 2.05 bits per heavy atom. The topological polar surface area (TPSA) is 57.6 Å². The molecule has 1 unspecified atom stereocenters. The van der Waals surface area contributed by atoms with E-state index in [1.54, 1.807) is 16.7 Å². The van der Waals surface area contributed by atoms with Crippen molar-refractivity contribution in [1.29, 1.82) is 0 Å². The predicted molar refractivity (Wildman–Crippen MR) is 80.7 cm³/mol. The van der Waals surface area contributed by atoms with E-state index in [9.17, 15) is 14.7 Å². The lowest BCUT2D eigenvalue weighted by Gasteiger charge is -2.20. The van der Waals surface area contributed by atoms with Crippen LogP contribution in [0.3, 0.4) is 0 Å². The zero-order valence-electron chi connectivity index (χ0n) is 12.4. The zero-order chi connectivity index (χ0) is 14.7. The molecular formula is C15H25NO3S. The highest BCUT2D eigenvalue weighted by Gasteiger charge is 2.47. The van der Waals surface area contributed by atoms with E-state index in [2.05, 4.69) is 6.92 Å². The number of hydrogen-bond acceptors (Lipinski definition) is 3. The molecule has 2 fully saturated rings. The SMILES string of the molecule is CCCCSC(C)C(=O)N1C[C@H](C(=O)O)[C@@H](C2CC2)C1. The van der Waals surface area contributed by atoms with Crippen molar-refractivity contribution in [2.24, 2.45) is 17.8 Å². The summed E-state index contributed by atoms with van der Waals surface area (Å²) in [6.45, 7) is 5.15. The van der Waals surface area contributed by atoms with E-state index < -0.39 is 5.97 Å². The Labute approximate surface area is 125 Å². The molecule has 2 rings (SSSR count). The molecule has 4 nitrogen and oxygen atoms in total. The molecule has 0 bridgehead atoms. The van der Waals surface area contributed by atoms with Crippen LogP contribution in [0.1, 0.15) is 39.5 Å². The number of nitrogens with zero attached hydrogens (tertiary/aromatic N) is 1. The number of rotatable bonds is 7. The van der Waals surface area contributed by atoms with Crippen LogP contribution in [0.4, 0.5) is 0 Å². The molecule has 1 aliphatic heterocycles. The van der Waals surface area contributed by atoms with Gasteiger partial charge in [-0.15, -0.1) is 11.8 Å². The highest BCUT2D eigenvalue weighted by molar-refractivity contribution is 8.00. The maximum Gasteiger partial charge on any atom is 0.308 e. The summed E-state index contributed by atoms with van der Waals surface area (Å²) in [6.07, 6.45) is 4.54. The average Bonchev–Trinajstić information content (AvgIpc) is 3.16. The van der Waals surface area contributed by atoms with Gasteiger partial charge in [-0.1, -0.05) is 13.3 Å². The highest BCUT2D eigenvalue weighted by atomic mass is 32.2. The fraction of sp³-hybridized carbons (Fsp3) is 0.867. The number of carboxylic acid groups (broad SMARTS) is 1. The van der Waals surface area contributed by atoms with E-state index in [-0.39, 0.29) is 23.0 Å². The fourth-order valence-corrected chi connectivity index (χ4v) is 4.11. The molecule has 1 saturated carbocycles. The molecule has 20 heavy (non-hydrogen) atoms. The van der Waals surface area contributed by atoms with Gasteiger partial charge in [-0.3, -0.25) is 9.59 Å². The summed E-state index contributed by atoms with van der Waals surface area (Å²) >= 11 is 1.69. The van der Waals surface area contributed by atoms with Crippen molar-refractivity contribution in [2.45, 2.75) is 44.8 Å². The number of carbonyl (C=O) groups excluding carboxylic acids is 1. The second-order valence-corrected chi connectivity index (χ2v) is 7.50. The first-order valence-corrected chi connectivity index (χ1v) is 8.72. The van der Waals surface area contributed by atoms with Crippen molar-refractivity contribution in [3.63, 3.8) is 0 Å². The summed E-state index contributed by atoms with van der Waals surface area (Å²) in [5.74, 6) is 0.774. The first-order valence-electron chi connectivity index (χ1n) is 7.67. The highest BCUT2D eigenvalue weighted by Crippen LogP contribution is 2.44. The Hall–Kier alpha value is -0.710. The molecular weight excluding hydrogens is 274 g/mol. The van der Waals surface area contributed by atoms with E-state index in [4.69, 9.17) is 0 Å². The number of likely N-dealkylation sites (tertiary alicyclic amines) is 1. The van der Waals surface area contributed by atoms with Crippen molar-refractivity contribution in [3.8, 4) is 0 Å². The van der Waals surface area contributed by atoms with Crippen LogP contribution in [-0.4, -0.2) is 46.0 Å². The molecule has 0 aromatic carbocycles. The maximum absolute atomic E-state index is 12.4. The van der Waals surface area contributed by atoms with Gasteiger partial charge in [0.2, 0.25) is 5.91 Å². The molecule has 1 N–H and O–H groups in total. The van der Waals surface area contributed by atoms with E-state index >= 15 is 0 Å². The number of unbranched alkanes of at least 4 members (excludes halogenated alkanes) is 1. The van der Waals surface area contributed by atoms with E-state index in [0.29, 0.717) is 19.0 Å². The third-order valence-corrected chi connectivity index (χ3v) is 5.66. The van der Waals surface area contributed by atoms with Crippen molar-refractivity contribution in [2.75, 3.05) is 18.8 Å². The first kappa shape index (κ1) is 15.7. The van der Waals surface area contributed by atoms with Crippen LogP contribution in [0.2, 0.25) is 0 Å². The van der Waals surface area contributed by atoms with Crippen LogP contribution in [0.15, 0.2) is 0 Å². The Morgan fingerprint density at radius 3 is 2.60 bits per heavy atom. The maximum atomic E-state index is 12.4. The lowest BCUT2D eigenvalue weighted by Crippen LogP contribution is -2.35. The molecule has 0 aromatic rings. The summed E-state index contributed by atoms with van der Waals surface area (Å²) in [4.78, 5) is 25.6. The van der Waals surface area contributed by atoms with E-state index in [0.717, 1.165) is 31.4 Å². The number of amides is 1. The molecule has 0 aromatic heterocycles. The zero-order valence-corrected chi connectivity index (χ0v) is 13.2. The number of hydrogen-bond donors (Lipinski definition) is 1. The van der Waals surface area contributed by atoms with Crippen molar-refractivity contribution in [3.05, 3.63) is 0 Å². The van der Waals surface area contributed by atoms with Gasteiger partial charge in [0.15, 0.2) is 0 Å². The summed E-state index contributed by atoms with van der Waals surface area (Å²) in [5.41, 5.74) is 0. The standard InChI is InChI=1S/C15H25NO3S/c1-3-4-7-20-10(2)14(17)16-8-12(11-5-6-11)13(9-16)15(18)19/h10-13H,3-9H2,1-2H3,(H,18,19)/t10?,12-,13+/m1/s1. The molecule has 2 aliphatic rings. The van der Waals surface area contributed by atoms with Gasteiger partial charge in [-0.2, -0.15) is 0 Å². The predicted octanol–water partition coefficient (Wildman–Crippen LogP) is 2.48. The number of thioether (sulfide) groups is 1. The van der Waals surface area contributed by atoms with Crippen molar-refractivity contribution >= 4 is 23.6 Å². The van der Waals surface area contributed by atoms with Gasteiger partial charge in [0.1, 0.15) is 0 Å². The molecule has 114 valence electrons. The van der Waals surface area contributed by atoms with Gasteiger partial charge in [-0.05, 0) is 43.8 Å². The lowest BCUT2D eigenvalue weighted by atomic mass is 9.92. The van der Waals surface area contributed by atoms with Gasteiger partial charge in [0.25, 0.3) is 0 Å². The lowest BCUT2D eigenvalue weighted by molar-refractivity contribution is -0.142. The van der Waals surface area contributed by atoms with E-state index in [1.165, 1.54) is 0 Å². The molecule has 1 heterocycles. The Balaban J connectivity index is 1.89. The van der Waals surface area contributed by atoms with Crippen LogP contribution < -0.4 is 0 Å². The molecule has 1 saturated heterocycles. The minimum Gasteiger partial charge on any atom is -0.481 e. The Bertz CT molecular complexity index is 370. The van der Waals surface area contributed by atoms with E-state index in [1.807, 2.05) is 6.92 Å². The Kier molecular flexibility index (Phi) is 5.35. The monoisotopic (exact) mass is 299 g/mol. The van der Waals surface area contributed by atoms with Crippen LogP contribution in [0.25, 0.3) is 0 Å². The summed E-state index contributed by atoms with van der Waals surface area (Å²) in [5, 5.41) is 9.28. The van der Waals surface area contributed by atoms with Gasteiger partial charge >= 0.3 is 5.97 Å². The molecule has 0 radical (unpaired) electrons. The molecule has 3 atom stereocenters. The van der Waals surface area contributed by atoms with Crippen LogP contribution >= 0.6 is 11.8 Å². The van der Waals surface area contributed by atoms with Crippen LogP contribution in [-0.2, 0) is 9.59 Å².